The Balaban J connectivity index is 2.52. The summed E-state index contributed by atoms with van der Waals surface area (Å²) in [5.41, 5.74) is 0. The lowest BCUT2D eigenvalue weighted by molar-refractivity contribution is -0.385. The zero-order valence-electron chi connectivity index (χ0n) is 8.05. The van der Waals surface area contributed by atoms with Crippen molar-refractivity contribution in [1.29, 1.82) is 0 Å². The Morgan fingerprint density at radius 3 is 1.08 bits per heavy atom. The summed E-state index contributed by atoms with van der Waals surface area (Å²) >= 11 is 0. The van der Waals surface area contributed by atoms with Gasteiger partial charge >= 0.3 is 0 Å². The van der Waals surface area contributed by atoms with Crippen LogP contribution < -0.4 is 0 Å². The lowest BCUT2D eigenvalue weighted by Gasteiger charge is -2.51. The molecule has 0 N–H and O–H groups in total. The summed E-state index contributed by atoms with van der Waals surface area (Å²) < 4.78 is 20.8. The predicted molar refractivity (Wildman–Crippen MR) is 42.7 cm³/mol. The van der Waals surface area contributed by atoms with Crippen molar-refractivity contribution in [2.24, 2.45) is 0 Å². The summed E-state index contributed by atoms with van der Waals surface area (Å²) in [5.74, 6) is -1.02. The molecule has 12 heavy (non-hydrogen) atoms. The lowest BCUT2D eigenvalue weighted by Crippen LogP contribution is -2.60. The van der Waals surface area contributed by atoms with Crippen molar-refractivity contribution >= 4 is 0 Å². The normalized spacial score (nSPS) is 25.0. The van der Waals surface area contributed by atoms with E-state index in [0.717, 1.165) is 0 Å². The van der Waals surface area contributed by atoms with Crippen molar-refractivity contribution in [3.63, 3.8) is 0 Å². The van der Waals surface area contributed by atoms with Gasteiger partial charge in [-0.3, -0.25) is 0 Å². The van der Waals surface area contributed by atoms with Crippen LogP contribution in [0.15, 0.2) is 0 Å². The third kappa shape index (κ3) is 1.35. The van der Waals surface area contributed by atoms with E-state index in [2.05, 4.69) is 0 Å². The average molecular weight is 176 g/mol. The first-order valence-corrected chi connectivity index (χ1v) is 3.86. The number of hydrogen-bond acceptors (Lipinski definition) is 4. The fourth-order valence-electron chi connectivity index (χ4n) is 1.51. The molecule has 4 nitrogen and oxygen atoms in total. The molecule has 1 saturated carbocycles. The molecule has 0 aromatic rings. The molecular formula is C8H16O4. The summed E-state index contributed by atoms with van der Waals surface area (Å²) in [5, 5.41) is 0. The maximum Gasteiger partial charge on any atom is 0.177 e. The number of ether oxygens (including phenoxy) is 4. The van der Waals surface area contributed by atoms with Crippen molar-refractivity contribution in [2.45, 2.75) is 24.4 Å². The molecule has 0 aromatic heterocycles. The van der Waals surface area contributed by atoms with Gasteiger partial charge in [0.25, 0.3) is 0 Å². The van der Waals surface area contributed by atoms with Gasteiger partial charge in [-0.05, 0) is 0 Å². The van der Waals surface area contributed by atoms with Gasteiger partial charge in [0.2, 0.25) is 0 Å². The molecule has 1 rings (SSSR count). The molecule has 0 unspecified atom stereocenters. The third-order valence-electron chi connectivity index (χ3n) is 2.57. The fourth-order valence-corrected chi connectivity index (χ4v) is 1.51. The Morgan fingerprint density at radius 2 is 0.917 bits per heavy atom. The summed E-state index contributed by atoms with van der Waals surface area (Å²) in [7, 11) is 6.50. The van der Waals surface area contributed by atoms with Gasteiger partial charge < -0.3 is 18.9 Å². The molecule has 0 aromatic carbocycles. The van der Waals surface area contributed by atoms with E-state index < -0.39 is 11.6 Å². The molecule has 0 heterocycles. The second-order valence-electron chi connectivity index (χ2n) is 2.99. The van der Waals surface area contributed by atoms with Gasteiger partial charge in [0.05, 0.1) is 12.8 Å². The second-order valence-corrected chi connectivity index (χ2v) is 2.99. The van der Waals surface area contributed by atoms with Crippen LogP contribution in [0.3, 0.4) is 0 Å². The number of methoxy groups -OCH3 is 4. The van der Waals surface area contributed by atoms with E-state index >= 15 is 0 Å². The Labute approximate surface area is 72.7 Å². The zero-order chi connectivity index (χ0) is 9.24. The fraction of sp³-hybridized carbons (Fsp3) is 1.00. The Hall–Kier alpha value is -0.160. The van der Waals surface area contributed by atoms with E-state index in [9.17, 15) is 0 Å². The minimum Gasteiger partial charge on any atom is -0.353 e. The molecule has 1 aliphatic carbocycles. The van der Waals surface area contributed by atoms with Crippen molar-refractivity contribution < 1.29 is 18.9 Å². The summed E-state index contributed by atoms with van der Waals surface area (Å²) in [6.07, 6.45) is 1.22. The summed E-state index contributed by atoms with van der Waals surface area (Å²) in [4.78, 5) is 0. The molecular weight excluding hydrogens is 160 g/mol. The van der Waals surface area contributed by atoms with Crippen molar-refractivity contribution in [2.75, 3.05) is 28.4 Å². The highest BCUT2D eigenvalue weighted by Gasteiger charge is 2.57. The average Bonchev–Trinajstić information content (AvgIpc) is 2.07. The molecule has 0 aliphatic heterocycles. The van der Waals surface area contributed by atoms with Crippen molar-refractivity contribution in [3.8, 4) is 0 Å². The van der Waals surface area contributed by atoms with Crippen LogP contribution in [0, 0.1) is 0 Å². The molecule has 1 aliphatic rings. The SMILES string of the molecule is COC1(OC)CC(OC)(OC)C1. The lowest BCUT2D eigenvalue weighted by atomic mass is 9.83. The quantitative estimate of drug-likeness (QED) is 0.592. The highest BCUT2D eigenvalue weighted by atomic mass is 16.7. The van der Waals surface area contributed by atoms with E-state index in [4.69, 9.17) is 18.9 Å². The molecule has 0 bridgehead atoms. The highest BCUT2D eigenvalue weighted by molar-refractivity contribution is 4.96. The molecule has 0 radical (unpaired) electrons. The topological polar surface area (TPSA) is 36.9 Å². The van der Waals surface area contributed by atoms with E-state index in [1.807, 2.05) is 0 Å². The summed E-state index contributed by atoms with van der Waals surface area (Å²) in [6.45, 7) is 0. The Kier molecular flexibility index (Phi) is 2.73. The van der Waals surface area contributed by atoms with Crippen LogP contribution in [0.5, 0.6) is 0 Å². The molecule has 0 atom stereocenters. The standard InChI is InChI=1S/C8H16O4/c1-9-7(10-2)5-8(6-7,11-3)12-4/h5-6H2,1-4H3. The van der Waals surface area contributed by atoms with Gasteiger partial charge in [0.15, 0.2) is 11.6 Å². The van der Waals surface area contributed by atoms with Crippen molar-refractivity contribution in [1.82, 2.24) is 0 Å². The monoisotopic (exact) mass is 176 g/mol. The second kappa shape index (κ2) is 3.30. The molecule has 0 spiro atoms. The van der Waals surface area contributed by atoms with Crippen LogP contribution in [0.1, 0.15) is 12.8 Å². The van der Waals surface area contributed by atoms with Crippen LogP contribution >= 0.6 is 0 Å². The van der Waals surface area contributed by atoms with Gasteiger partial charge in [0.1, 0.15) is 0 Å². The maximum atomic E-state index is 5.20. The predicted octanol–water partition coefficient (Wildman–Crippen LogP) is 0.758. The Morgan fingerprint density at radius 1 is 0.667 bits per heavy atom. The van der Waals surface area contributed by atoms with Gasteiger partial charge in [-0.15, -0.1) is 0 Å². The minimum atomic E-state index is -0.508. The van der Waals surface area contributed by atoms with Gasteiger partial charge in [-0.1, -0.05) is 0 Å². The highest BCUT2D eigenvalue weighted by Crippen LogP contribution is 2.46. The van der Waals surface area contributed by atoms with Crippen LogP contribution in [0.25, 0.3) is 0 Å². The molecule has 0 saturated heterocycles. The molecule has 72 valence electrons. The molecule has 1 fully saturated rings. The first-order valence-electron chi connectivity index (χ1n) is 3.86. The van der Waals surface area contributed by atoms with E-state index in [0.29, 0.717) is 12.8 Å². The third-order valence-corrected chi connectivity index (χ3v) is 2.57. The Bertz CT molecular complexity index is 123. The van der Waals surface area contributed by atoms with E-state index in [1.54, 1.807) is 28.4 Å². The number of rotatable bonds is 4. The van der Waals surface area contributed by atoms with Crippen LogP contribution in [-0.4, -0.2) is 40.0 Å². The number of hydrogen-bond donors (Lipinski definition) is 0. The van der Waals surface area contributed by atoms with Gasteiger partial charge in [0, 0.05) is 28.4 Å². The first kappa shape index (κ1) is 9.92. The van der Waals surface area contributed by atoms with Gasteiger partial charge in [-0.2, -0.15) is 0 Å². The van der Waals surface area contributed by atoms with Crippen LogP contribution in [0.2, 0.25) is 0 Å². The molecule has 0 amide bonds. The van der Waals surface area contributed by atoms with Gasteiger partial charge in [-0.25, -0.2) is 0 Å². The van der Waals surface area contributed by atoms with Crippen molar-refractivity contribution in [3.05, 3.63) is 0 Å². The van der Waals surface area contributed by atoms with Crippen LogP contribution in [-0.2, 0) is 18.9 Å². The van der Waals surface area contributed by atoms with E-state index in [-0.39, 0.29) is 0 Å². The minimum absolute atomic E-state index is 0.508. The first-order chi connectivity index (χ1) is 5.66. The zero-order valence-corrected chi connectivity index (χ0v) is 8.05. The largest absolute Gasteiger partial charge is 0.353 e. The van der Waals surface area contributed by atoms with Crippen LogP contribution in [0.4, 0.5) is 0 Å². The molecule has 4 heteroatoms. The maximum absolute atomic E-state index is 5.20. The summed E-state index contributed by atoms with van der Waals surface area (Å²) in [6, 6.07) is 0. The smallest absolute Gasteiger partial charge is 0.177 e. The van der Waals surface area contributed by atoms with E-state index in [1.165, 1.54) is 0 Å².